The molecular formula is C42H67O12P. The maximum absolute atomic E-state index is 12.2. The summed E-state index contributed by atoms with van der Waals surface area (Å²) in [7, 11) is 1.10. The molecule has 0 amide bonds. The minimum Gasteiger partial charge on any atom is -0.466 e. The molecular weight excluding hydrogens is 727 g/mol. The van der Waals surface area contributed by atoms with Gasteiger partial charge >= 0.3 is 11.9 Å². The van der Waals surface area contributed by atoms with E-state index in [9.17, 15) is 18.9 Å². The van der Waals surface area contributed by atoms with Crippen LogP contribution in [0.5, 0.6) is 0 Å². The number of esters is 2. The predicted octanol–water partition coefficient (Wildman–Crippen LogP) is 6.62. The zero-order valence-electron chi connectivity index (χ0n) is 35.3. The fraction of sp³-hybridized carbons (Fsp3) is 0.786. The van der Waals surface area contributed by atoms with E-state index in [1.165, 1.54) is 11.1 Å². The Morgan fingerprint density at radius 3 is 1.64 bits per heavy atom. The molecule has 12 nitrogen and oxygen atoms in total. The van der Waals surface area contributed by atoms with Gasteiger partial charge in [0.1, 0.15) is 28.5 Å². The number of hydrogen-bond donors (Lipinski definition) is 0. The summed E-state index contributed by atoms with van der Waals surface area (Å²) in [6.07, 6.45) is 10.7. The summed E-state index contributed by atoms with van der Waals surface area (Å²) in [5.41, 5.74) is 2.67. The van der Waals surface area contributed by atoms with Crippen LogP contribution in [0.25, 0.3) is 0 Å². The van der Waals surface area contributed by atoms with Crippen molar-refractivity contribution in [2.24, 2.45) is 11.8 Å². The largest absolute Gasteiger partial charge is 0.466 e. The van der Waals surface area contributed by atoms with E-state index in [-0.39, 0.29) is 82.5 Å². The maximum atomic E-state index is 12.2. The lowest BCUT2D eigenvalue weighted by molar-refractivity contribution is -0.142. The van der Waals surface area contributed by atoms with Gasteiger partial charge in [-0.3, -0.25) is 9.59 Å². The molecule has 0 aromatic rings. The first-order valence-electron chi connectivity index (χ1n) is 19.8. The van der Waals surface area contributed by atoms with Crippen molar-refractivity contribution in [2.75, 3.05) is 60.1 Å². The third kappa shape index (κ3) is 11.3. The number of allylic oxidation sites excluding steroid dienone is 2. The van der Waals surface area contributed by atoms with Crippen molar-refractivity contribution < 1.29 is 56.8 Å². The van der Waals surface area contributed by atoms with Gasteiger partial charge in [0.2, 0.25) is 0 Å². The van der Waals surface area contributed by atoms with Gasteiger partial charge in [-0.25, -0.2) is 4.79 Å². The Labute approximate surface area is 328 Å². The zero-order chi connectivity index (χ0) is 41.0. The SMILES string of the molecule is CCOC(=O)C=C1CC[C@]2(CO2)[C@@H]([C@@]2(C)O[C@@H]2CC=C(C)C)[C@@H]1OC.CCOC(=O)CP(C)(C)=O.CO[C@@H]1C(=O)CC[C@]2(CO2)[C@H]1[C@@]1(C)O[C@@H]1CC=C(C)C. The molecule has 2 saturated carbocycles. The van der Waals surface area contributed by atoms with Crippen molar-refractivity contribution in [3.8, 4) is 0 Å². The van der Waals surface area contributed by atoms with Gasteiger partial charge in [0, 0.05) is 26.7 Å². The second-order valence-electron chi connectivity index (χ2n) is 17.1. The number of ether oxygens (including phenoxy) is 8. The minimum atomic E-state index is -2.23. The van der Waals surface area contributed by atoms with Crippen LogP contribution in [0.15, 0.2) is 34.9 Å². The van der Waals surface area contributed by atoms with Crippen LogP contribution in [-0.2, 0) is 56.8 Å². The van der Waals surface area contributed by atoms with E-state index in [1.54, 1.807) is 40.5 Å². The van der Waals surface area contributed by atoms with Crippen molar-refractivity contribution in [3.05, 3.63) is 34.9 Å². The van der Waals surface area contributed by atoms with Crippen molar-refractivity contribution in [1.82, 2.24) is 0 Å². The van der Waals surface area contributed by atoms with E-state index >= 15 is 0 Å². The molecule has 0 aromatic heterocycles. The van der Waals surface area contributed by atoms with E-state index < -0.39 is 7.14 Å². The highest BCUT2D eigenvalue weighted by Crippen LogP contribution is 2.61. The van der Waals surface area contributed by atoms with E-state index in [0.29, 0.717) is 19.6 Å². The monoisotopic (exact) mass is 794 g/mol. The first-order chi connectivity index (χ1) is 25.7. The van der Waals surface area contributed by atoms with Crippen LogP contribution < -0.4 is 0 Å². The summed E-state index contributed by atoms with van der Waals surface area (Å²) >= 11 is 0. The minimum absolute atomic E-state index is 0.0248. The molecule has 312 valence electrons. The van der Waals surface area contributed by atoms with E-state index in [4.69, 9.17) is 33.2 Å². The summed E-state index contributed by atoms with van der Waals surface area (Å²) in [4.78, 5) is 34.8. The van der Waals surface area contributed by atoms with Crippen molar-refractivity contribution >= 4 is 24.9 Å². The zero-order valence-corrected chi connectivity index (χ0v) is 36.2. The molecule has 13 heteroatoms. The van der Waals surface area contributed by atoms with Gasteiger partial charge in [-0.1, -0.05) is 23.3 Å². The summed E-state index contributed by atoms with van der Waals surface area (Å²) < 4.78 is 55.9. The molecule has 55 heavy (non-hydrogen) atoms. The van der Waals surface area contributed by atoms with E-state index in [0.717, 1.165) is 50.9 Å². The molecule has 0 radical (unpaired) electrons. The predicted molar refractivity (Wildman–Crippen MR) is 210 cm³/mol. The van der Waals surface area contributed by atoms with Gasteiger partial charge in [0.15, 0.2) is 5.78 Å². The van der Waals surface area contributed by atoms with Crippen molar-refractivity contribution in [3.63, 3.8) is 0 Å². The number of rotatable bonds is 13. The summed E-state index contributed by atoms with van der Waals surface area (Å²) in [5.74, 6) is -0.354. The molecule has 4 saturated heterocycles. The topological polar surface area (TPSA) is 155 Å². The highest BCUT2D eigenvalue weighted by atomic mass is 31.2. The molecule has 2 spiro atoms. The van der Waals surface area contributed by atoms with Gasteiger partial charge in [0.25, 0.3) is 0 Å². The highest BCUT2D eigenvalue weighted by molar-refractivity contribution is 7.63. The van der Waals surface area contributed by atoms with Crippen LogP contribution in [0.2, 0.25) is 0 Å². The Balaban J connectivity index is 0.000000201. The quantitative estimate of drug-likeness (QED) is 0.0647. The molecule has 4 aliphatic heterocycles. The Morgan fingerprint density at radius 2 is 1.24 bits per heavy atom. The van der Waals surface area contributed by atoms with Gasteiger partial charge in [-0.2, -0.15) is 0 Å². The molecule has 4 heterocycles. The second kappa shape index (κ2) is 18.2. The summed E-state index contributed by atoms with van der Waals surface area (Å²) in [6, 6.07) is 0. The van der Waals surface area contributed by atoms with E-state index in [2.05, 4.69) is 58.4 Å². The smallest absolute Gasteiger partial charge is 0.330 e. The number of ketones is 1. The second-order valence-corrected chi connectivity index (χ2v) is 20.5. The Morgan fingerprint density at radius 1 is 0.782 bits per heavy atom. The lowest BCUT2D eigenvalue weighted by atomic mass is 9.67. The fourth-order valence-corrected chi connectivity index (χ4v) is 9.33. The number of carbonyl (C=O) groups excluding carboxylic acids is 3. The molecule has 2 aliphatic carbocycles. The molecule has 10 atom stereocenters. The molecule has 0 aromatic carbocycles. The van der Waals surface area contributed by atoms with Gasteiger partial charge < -0.3 is 42.5 Å². The fourth-order valence-electron chi connectivity index (χ4n) is 8.62. The van der Waals surface area contributed by atoms with Crippen LogP contribution in [0, 0.1) is 11.8 Å². The standard InChI is InChI=1S/C20H30O5.C16H24O4.C6H13O3P/c1-6-23-16(21)11-14-9-10-20(12-24-20)18(17(14)22-5)19(4)15(25-19)8-7-13(2)3;1-10(2)5-6-12-15(3,20-12)14-13(18-4)11(17)7-8-16(14)9-19-16;1-4-9-6(7)5-10(2,3)8/h7,11,15,17-18H,6,8-10,12H2,1-5H3;5,12-14H,6-9H2,1-4H3;4-5H2,1-3H3/t15-,17-,18-,19+,20+;12-,13-,14-,15+,16+;/m11./s1. The average Bonchev–Trinajstić information content (AvgIpc) is 3.96. The first kappa shape index (κ1) is 45.5. The van der Waals surface area contributed by atoms with Crippen LogP contribution >= 0.6 is 7.14 Å². The Bertz CT molecular complexity index is 1530. The molecule has 6 aliphatic rings. The van der Waals surface area contributed by atoms with Crippen LogP contribution in [0.1, 0.15) is 93.9 Å². The lowest BCUT2D eigenvalue weighted by Gasteiger charge is -2.40. The van der Waals surface area contributed by atoms with Crippen LogP contribution in [0.4, 0.5) is 0 Å². The number of hydrogen-bond acceptors (Lipinski definition) is 12. The molecule has 6 rings (SSSR count). The number of epoxide rings is 4. The normalized spacial score (nSPS) is 37.5. The van der Waals surface area contributed by atoms with Gasteiger partial charge in [-0.05, 0) is 106 Å². The van der Waals surface area contributed by atoms with Crippen molar-refractivity contribution in [2.45, 2.75) is 141 Å². The van der Waals surface area contributed by atoms with Crippen molar-refractivity contribution in [1.29, 1.82) is 0 Å². The summed E-state index contributed by atoms with van der Waals surface area (Å²) in [6.45, 7) is 21.6. The summed E-state index contributed by atoms with van der Waals surface area (Å²) in [5, 5.41) is 0. The lowest BCUT2D eigenvalue weighted by Crippen LogP contribution is -2.52. The number of methoxy groups -OCH3 is 2. The van der Waals surface area contributed by atoms with Crippen LogP contribution in [-0.4, -0.2) is 125 Å². The maximum Gasteiger partial charge on any atom is 0.330 e. The average molecular weight is 795 g/mol. The third-order valence-electron chi connectivity index (χ3n) is 11.7. The molecule has 0 N–H and O–H groups in total. The van der Waals surface area contributed by atoms with Gasteiger partial charge in [-0.15, -0.1) is 0 Å². The number of Topliss-reactive ketones (excluding diaryl/α,β-unsaturated/α-hetero) is 1. The third-order valence-corrected chi connectivity index (χ3v) is 12.7. The van der Waals surface area contributed by atoms with Crippen LogP contribution in [0.3, 0.4) is 0 Å². The first-order valence-corrected chi connectivity index (χ1v) is 22.6. The molecule has 0 unspecified atom stereocenters. The Kier molecular flexibility index (Phi) is 15.0. The van der Waals surface area contributed by atoms with E-state index in [1.807, 2.05) is 6.92 Å². The molecule has 0 bridgehead atoms. The van der Waals surface area contributed by atoms with Gasteiger partial charge in [0.05, 0.1) is 69.9 Å². The Hall–Kier alpha value is -2.18. The molecule has 6 fully saturated rings. The number of carbonyl (C=O) groups is 3. The highest BCUT2D eigenvalue weighted by Gasteiger charge is 2.72.